The van der Waals surface area contributed by atoms with Crippen LogP contribution in [0.15, 0.2) is 42.7 Å². The highest BCUT2D eigenvalue weighted by Gasteiger charge is 2.36. The van der Waals surface area contributed by atoms with Gasteiger partial charge in [0, 0.05) is 18.5 Å². The van der Waals surface area contributed by atoms with Gasteiger partial charge >= 0.3 is 18.4 Å². The highest BCUT2D eigenvalue weighted by molar-refractivity contribution is 5.39. The molecule has 11 heteroatoms. The Hall–Kier alpha value is -3.11. The largest absolute Gasteiger partial charge is 0.435 e. The number of nitrogens with zero attached hydrogens (tertiary/aromatic N) is 4. The van der Waals surface area contributed by atoms with Crippen molar-refractivity contribution in [1.29, 1.82) is 0 Å². The van der Waals surface area contributed by atoms with Crippen molar-refractivity contribution in [3.05, 3.63) is 59.5 Å². The molecule has 0 spiro atoms. The summed E-state index contributed by atoms with van der Waals surface area (Å²) in [5, 5.41) is 3.39. The van der Waals surface area contributed by atoms with Gasteiger partial charge in [0.15, 0.2) is 5.69 Å². The van der Waals surface area contributed by atoms with Gasteiger partial charge in [-0.3, -0.25) is 0 Å². The molecule has 1 aromatic carbocycles. The topological polar surface area (TPSA) is 52.8 Å². The molecule has 0 aliphatic rings. The molecular formula is C16H10F6N4O. The third-order valence-electron chi connectivity index (χ3n) is 3.36. The van der Waals surface area contributed by atoms with E-state index < -0.39 is 29.5 Å². The predicted molar refractivity (Wildman–Crippen MR) is 80.4 cm³/mol. The number of hydrogen-bond donors (Lipinski definition) is 0. The van der Waals surface area contributed by atoms with Gasteiger partial charge < -0.3 is 4.74 Å². The van der Waals surface area contributed by atoms with Crippen LogP contribution >= 0.6 is 0 Å². The first-order valence-electron chi connectivity index (χ1n) is 7.35. The summed E-state index contributed by atoms with van der Waals surface area (Å²) in [6.07, 6.45) is -6.56. The van der Waals surface area contributed by atoms with Crippen LogP contribution in [0, 0.1) is 6.92 Å². The van der Waals surface area contributed by atoms with Crippen LogP contribution in [0.1, 0.15) is 16.8 Å². The number of hydrogen-bond acceptors (Lipinski definition) is 4. The minimum Gasteiger partial charge on any atom is -0.405 e. The first kappa shape index (κ1) is 18.7. The zero-order chi connectivity index (χ0) is 19.8. The first-order chi connectivity index (χ1) is 12.5. The second kappa shape index (κ2) is 6.56. The van der Waals surface area contributed by atoms with Crippen molar-refractivity contribution < 1.29 is 31.1 Å². The molecule has 2 heterocycles. The van der Waals surface area contributed by atoms with Crippen molar-refractivity contribution in [3.63, 3.8) is 0 Å². The quantitative estimate of drug-likeness (QED) is 0.605. The van der Waals surface area contributed by atoms with E-state index in [2.05, 4.69) is 15.1 Å². The lowest BCUT2D eigenvalue weighted by Gasteiger charge is -2.10. The van der Waals surface area contributed by atoms with Gasteiger partial charge in [0.2, 0.25) is 5.88 Å². The fourth-order valence-electron chi connectivity index (χ4n) is 2.08. The molecule has 0 aliphatic carbocycles. The number of aromatic nitrogens is 4. The second-order valence-electron chi connectivity index (χ2n) is 5.47. The van der Waals surface area contributed by atoms with Gasteiger partial charge in [0.25, 0.3) is 0 Å². The fourth-order valence-corrected chi connectivity index (χ4v) is 2.08. The van der Waals surface area contributed by atoms with Crippen LogP contribution in [-0.4, -0.2) is 19.7 Å². The Balaban J connectivity index is 2.02. The summed E-state index contributed by atoms with van der Waals surface area (Å²) in [5.74, 6) is -0.397. The molecule has 0 bridgehead atoms. The molecule has 0 amide bonds. The van der Waals surface area contributed by atoms with Gasteiger partial charge in [-0.15, -0.1) is 0 Å². The minimum absolute atomic E-state index is 0.0550. The number of benzene rings is 1. The summed E-state index contributed by atoms with van der Waals surface area (Å²) in [4.78, 5) is 7.64. The predicted octanol–water partition coefficient (Wildman–Crippen LogP) is 4.80. The molecule has 0 saturated carbocycles. The Morgan fingerprint density at radius 1 is 0.889 bits per heavy atom. The van der Waals surface area contributed by atoms with E-state index >= 15 is 0 Å². The zero-order valence-electron chi connectivity index (χ0n) is 13.5. The Morgan fingerprint density at radius 2 is 1.48 bits per heavy atom. The van der Waals surface area contributed by atoms with Gasteiger partial charge in [-0.1, -0.05) is 0 Å². The van der Waals surface area contributed by atoms with E-state index in [4.69, 9.17) is 4.74 Å². The maximum atomic E-state index is 13.0. The van der Waals surface area contributed by atoms with Crippen molar-refractivity contribution in [1.82, 2.24) is 19.7 Å². The fraction of sp³-hybridized carbons (Fsp3) is 0.188. The zero-order valence-corrected chi connectivity index (χ0v) is 13.5. The Kier molecular flexibility index (Phi) is 4.54. The monoisotopic (exact) mass is 388 g/mol. The molecule has 2 aromatic heterocycles. The van der Waals surface area contributed by atoms with Gasteiger partial charge in [0.1, 0.15) is 0 Å². The summed E-state index contributed by atoms with van der Waals surface area (Å²) in [6.45, 7) is 1.71. The third-order valence-corrected chi connectivity index (χ3v) is 3.36. The van der Waals surface area contributed by atoms with Crippen LogP contribution in [0.25, 0.3) is 5.69 Å². The van der Waals surface area contributed by atoms with E-state index in [0.29, 0.717) is 11.6 Å². The normalized spacial score (nSPS) is 12.3. The highest BCUT2D eigenvalue weighted by atomic mass is 19.4. The number of rotatable bonds is 3. The van der Waals surface area contributed by atoms with Crippen LogP contribution in [0.4, 0.5) is 26.3 Å². The average molecular weight is 388 g/mol. The van der Waals surface area contributed by atoms with Gasteiger partial charge in [-0.05, 0) is 36.8 Å². The van der Waals surface area contributed by atoms with Crippen molar-refractivity contribution in [2.45, 2.75) is 19.3 Å². The molecule has 0 unspecified atom stereocenters. The van der Waals surface area contributed by atoms with Crippen molar-refractivity contribution in [3.8, 4) is 17.6 Å². The lowest BCUT2D eigenvalue weighted by molar-refractivity contribution is -0.141. The molecular weight excluding hydrogens is 378 g/mol. The van der Waals surface area contributed by atoms with Gasteiger partial charge in [-0.25, -0.2) is 14.6 Å². The van der Waals surface area contributed by atoms with Crippen molar-refractivity contribution in [2.75, 3.05) is 0 Å². The highest BCUT2D eigenvalue weighted by Crippen LogP contribution is 2.34. The van der Waals surface area contributed by atoms with Gasteiger partial charge in [-0.2, -0.15) is 31.4 Å². The molecule has 3 aromatic rings. The summed E-state index contributed by atoms with van der Waals surface area (Å²) in [7, 11) is 0. The van der Waals surface area contributed by atoms with E-state index in [1.165, 1.54) is 12.4 Å². The summed E-state index contributed by atoms with van der Waals surface area (Å²) in [5.41, 5.74) is -1.57. The number of aryl methyl sites for hydroxylation is 1. The van der Waals surface area contributed by atoms with E-state index in [1.807, 2.05) is 0 Å². The lowest BCUT2D eigenvalue weighted by Crippen LogP contribution is -2.08. The summed E-state index contributed by atoms with van der Waals surface area (Å²) in [6, 6.07) is 3.81. The molecule has 142 valence electrons. The molecule has 0 aliphatic heterocycles. The third kappa shape index (κ3) is 4.18. The first-order valence-corrected chi connectivity index (χ1v) is 7.35. The summed E-state index contributed by atoms with van der Waals surface area (Å²) < 4.78 is 83.0. The maximum Gasteiger partial charge on any atom is 0.435 e. The minimum atomic E-state index is -4.77. The van der Waals surface area contributed by atoms with E-state index in [9.17, 15) is 26.3 Å². The Morgan fingerprint density at radius 3 is 2.00 bits per heavy atom. The van der Waals surface area contributed by atoms with Crippen molar-refractivity contribution in [2.24, 2.45) is 0 Å². The second-order valence-corrected chi connectivity index (χ2v) is 5.47. The summed E-state index contributed by atoms with van der Waals surface area (Å²) >= 11 is 0. The van der Waals surface area contributed by atoms with E-state index in [1.54, 1.807) is 6.92 Å². The molecule has 3 rings (SSSR count). The Bertz CT molecular complexity index is 930. The molecule has 0 atom stereocenters. The SMILES string of the molecule is Cc1cnc(Oc2cc(C(F)(F)F)nn2-c2ccc(C(F)(F)F)cc2)nc1. The van der Waals surface area contributed by atoms with Crippen LogP contribution in [-0.2, 0) is 12.4 Å². The maximum absolute atomic E-state index is 13.0. The van der Waals surface area contributed by atoms with Crippen LogP contribution in [0.5, 0.6) is 11.9 Å². The molecule has 0 N–H and O–H groups in total. The lowest BCUT2D eigenvalue weighted by atomic mass is 10.2. The van der Waals surface area contributed by atoms with E-state index in [-0.39, 0.29) is 11.7 Å². The van der Waals surface area contributed by atoms with Crippen LogP contribution in [0.2, 0.25) is 0 Å². The number of halogens is 6. The average Bonchev–Trinajstić information content (AvgIpc) is 3.00. The number of alkyl halides is 6. The van der Waals surface area contributed by atoms with E-state index in [0.717, 1.165) is 28.9 Å². The van der Waals surface area contributed by atoms with Gasteiger partial charge in [0.05, 0.1) is 11.3 Å². The molecule has 0 radical (unpaired) electrons. The molecule has 0 saturated heterocycles. The molecule has 5 nitrogen and oxygen atoms in total. The standard InChI is InChI=1S/C16H10F6N4O/c1-9-7-23-14(24-8-9)27-13-6-12(16(20,21)22)25-26(13)11-4-2-10(3-5-11)15(17,18)19/h2-8H,1H3. The number of ether oxygens (including phenoxy) is 1. The smallest absolute Gasteiger partial charge is 0.405 e. The van der Waals surface area contributed by atoms with Crippen molar-refractivity contribution >= 4 is 0 Å². The van der Waals surface area contributed by atoms with Crippen LogP contribution < -0.4 is 4.74 Å². The molecule has 0 fully saturated rings. The Labute approximate surface area is 148 Å². The molecule has 27 heavy (non-hydrogen) atoms. The van der Waals surface area contributed by atoms with Crippen LogP contribution in [0.3, 0.4) is 0 Å².